The van der Waals surface area contributed by atoms with Crippen LogP contribution in [-0.4, -0.2) is 400 Å². The molecule has 0 aliphatic carbocycles. The number of likely N-dealkylation sites (tertiary alicyclic amines) is 1. The average Bonchev–Trinajstić information content (AvgIpc) is 1.16. The van der Waals surface area contributed by atoms with Crippen LogP contribution < -0.4 is 24.0 Å². The maximum absolute atomic E-state index is 11.3. The van der Waals surface area contributed by atoms with Gasteiger partial charge in [0.25, 0.3) is 0 Å². The van der Waals surface area contributed by atoms with Gasteiger partial charge in [-0.15, -0.1) is 0 Å². The summed E-state index contributed by atoms with van der Waals surface area (Å²) in [5, 5.41) is 230. The lowest BCUT2D eigenvalue weighted by Crippen LogP contribution is -3.00. The van der Waals surface area contributed by atoms with Crippen LogP contribution in [-0.2, 0) is 66.3 Å². The van der Waals surface area contributed by atoms with Gasteiger partial charge in [0.15, 0.2) is 44.0 Å². The second-order valence-corrected chi connectivity index (χ2v) is 25.7. The standard InChI is InChI=1S/C42H70O35.C12H26N.HI/c43-1-8-29-15(50)22(57)36(64-8)72-30-9(2-44)66-38(24(59)17(30)52)74-32-11(4-46)68-40(26(61)19(32)54)76-34-13(6-48)70-42(28(63)21(34)56)77-35-14(7-49)69-41(27(62)20(35)55)75-33-12(5-47)67-39(25(60)18(33)53)73-31-10(3-45)65-37(71-29)23(58)16(31)51;1-6-13(5)8-7-11(2)9-12(3,4)10-13;/h8-63H,1-7H2;11H,6-10H2,1-5H3;1H/q;+1;/p-1/t8-,9-,10-,11-,12-,13-,14-,15-,16-,17-,18-,19-,20-,21-,22-,23-,24-,25-,26-,27-,28-,29-,30-,31-,32-,33-,34-,35-,36-,37-,38-,39-,40-,41-,42-;;/m1../s1. The van der Waals surface area contributed by atoms with Gasteiger partial charge in [0.2, 0.25) is 0 Å². The molecule has 0 saturated carbocycles. The second-order valence-electron chi connectivity index (χ2n) is 25.7. The SMILES string of the molecule is CC[N+]1(C)CCC(C)CC(C)(C)C1.OC[C@H]1O[C@@H]2O[C@H]3[C@H](O)[C@@H](O)[C@@H](O[C@H]4[C@H](O)[C@@H](O)[C@@H](O[C@H]5[C@H](O)[C@@H](O)[C@@H](O[C@H]6[C@H](O)[C@@H](O)[C@@H](O[C@H]7[C@H](O)[C@@H](O)[C@@H](O[C@H]8[C@H](O)[C@@H](O)[C@@H](O[C@H]1[C@H](O)[C@H]2O)O[C@@H]8CO)O[C@@H]7CO)O[C@@H]6CO)O[C@@H]5CO)O[C@@H]4CO)O[C@@H]3CO.[I-]. The number of hydrogen-bond donors (Lipinski definition) is 21. The third kappa shape index (κ3) is 16.8. The average molecular weight is 1450 g/mol. The lowest BCUT2D eigenvalue weighted by molar-refractivity contribution is -0.912. The summed E-state index contributed by atoms with van der Waals surface area (Å²) in [6.45, 7) is 6.29. The van der Waals surface area contributed by atoms with Crippen LogP contribution in [0.2, 0.25) is 0 Å². The highest BCUT2D eigenvalue weighted by molar-refractivity contribution is 5.02. The molecule has 0 amide bonds. The van der Waals surface area contributed by atoms with E-state index in [1.165, 1.54) is 37.0 Å². The molecule has 22 fully saturated rings. The summed E-state index contributed by atoms with van der Waals surface area (Å²) in [6.07, 6.45) is -67.4. The van der Waals surface area contributed by atoms with Crippen molar-refractivity contribution in [3.8, 4) is 0 Å². The van der Waals surface area contributed by atoms with Crippen molar-refractivity contribution in [2.75, 3.05) is 72.9 Å². The summed E-state index contributed by atoms with van der Waals surface area (Å²) in [7, 11) is 2.42. The van der Waals surface area contributed by atoms with E-state index in [-0.39, 0.29) is 24.0 Å². The lowest BCUT2D eigenvalue weighted by atomic mass is 9.83. The Balaban J connectivity index is 0.000000748. The van der Waals surface area contributed by atoms with Crippen molar-refractivity contribution in [2.45, 2.75) is 255 Å². The number of nitrogens with zero attached hydrogens (tertiary/aromatic N) is 1. The minimum absolute atomic E-state index is 0. The Morgan fingerprint density at radius 3 is 0.648 bits per heavy atom. The van der Waals surface area contributed by atoms with Gasteiger partial charge in [-0.25, -0.2) is 0 Å². The third-order valence-electron chi connectivity index (χ3n) is 18.4. The van der Waals surface area contributed by atoms with Crippen LogP contribution in [0.3, 0.4) is 0 Å². The first kappa shape index (κ1) is 77.6. The Labute approximate surface area is 539 Å². The molecule has 22 rings (SSSR count). The van der Waals surface area contributed by atoms with Crippen LogP contribution in [0.1, 0.15) is 40.5 Å². The summed E-state index contributed by atoms with van der Waals surface area (Å²) >= 11 is 0. The predicted molar refractivity (Wildman–Crippen MR) is 287 cm³/mol. The van der Waals surface area contributed by atoms with E-state index < -0.39 is 261 Å². The van der Waals surface area contributed by atoms with E-state index in [4.69, 9.17) is 66.3 Å². The van der Waals surface area contributed by atoms with E-state index in [0.717, 1.165) is 5.92 Å². The van der Waals surface area contributed by atoms with E-state index in [9.17, 15) is 107 Å². The number of aliphatic hydroxyl groups excluding tert-OH is 21. The highest BCUT2D eigenvalue weighted by Gasteiger charge is 2.60. The van der Waals surface area contributed by atoms with Crippen molar-refractivity contribution in [3.63, 3.8) is 0 Å². The molecule has 21 N–H and O–H groups in total. The van der Waals surface area contributed by atoms with Crippen molar-refractivity contribution >= 4 is 0 Å². The summed E-state index contributed by atoms with van der Waals surface area (Å²) in [4.78, 5) is 0. The van der Waals surface area contributed by atoms with Crippen LogP contribution in [0.5, 0.6) is 0 Å². The van der Waals surface area contributed by atoms with Gasteiger partial charge in [-0.2, -0.15) is 0 Å². The molecule has 0 radical (unpaired) electrons. The van der Waals surface area contributed by atoms with Gasteiger partial charge >= 0.3 is 0 Å². The zero-order valence-electron chi connectivity index (χ0n) is 50.7. The number of rotatable bonds is 8. The molecule has 22 aliphatic heterocycles. The predicted octanol–water partition coefficient (Wildman–Crippen LogP) is -15.3. The number of ether oxygens (including phenoxy) is 14. The minimum atomic E-state index is -2.21. The van der Waals surface area contributed by atoms with Crippen molar-refractivity contribution in [3.05, 3.63) is 0 Å². The van der Waals surface area contributed by atoms with Gasteiger partial charge in [0.05, 0.1) is 72.9 Å². The second kappa shape index (κ2) is 33.0. The first-order valence-electron chi connectivity index (χ1n) is 30.3. The summed E-state index contributed by atoms with van der Waals surface area (Å²) < 4.78 is 80.7. The first-order valence-corrected chi connectivity index (χ1v) is 30.3. The maximum Gasteiger partial charge on any atom is 0.187 e. The number of quaternary nitrogens is 1. The summed E-state index contributed by atoms with van der Waals surface area (Å²) in [6, 6.07) is 0. The number of hydrogen-bond acceptors (Lipinski definition) is 35. The van der Waals surface area contributed by atoms with E-state index >= 15 is 0 Å². The molecular weight excluding hydrogens is 1350 g/mol. The highest BCUT2D eigenvalue weighted by Crippen LogP contribution is 2.40. The molecule has 91 heavy (non-hydrogen) atoms. The van der Waals surface area contributed by atoms with Crippen LogP contribution in [0.4, 0.5) is 0 Å². The Hall–Kier alpha value is -0.710. The van der Waals surface area contributed by atoms with Gasteiger partial charge in [-0.3, -0.25) is 0 Å². The molecule has 22 heterocycles. The van der Waals surface area contributed by atoms with Gasteiger partial charge in [-0.1, -0.05) is 20.8 Å². The quantitative estimate of drug-likeness (QED) is 0.0793. The molecule has 37 atom stereocenters. The van der Waals surface area contributed by atoms with Crippen LogP contribution in [0.15, 0.2) is 0 Å². The van der Waals surface area contributed by atoms with Crippen molar-refractivity contribution in [1.82, 2.24) is 0 Å². The smallest absolute Gasteiger partial charge is 0.187 e. The molecule has 37 heteroatoms. The molecule has 534 valence electrons. The van der Waals surface area contributed by atoms with Gasteiger partial charge in [0, 0.05) is 5.41 Å². The fourth-order valence-electron chi connectivity index (χ4n) is 13.4. The van der Waals surface area contributed by atoms with Crippen molar-refractivity contribution in [1.29, 1.82) is 0 Å². The van der Waals surface area contributed by atoms with Crippen molar-refractivity contribution in [2.24, 2.45) is 11.3 Å². The highest BCUT2D eigenvalue weighted by atomic mass is 127. The maximum atomic E-state index is 11.3. The molecule has 14 bridgehead atoms. The lowest BCUT2D eigenvalue weighted by Gasteiger charge is -2.50. The van der Waals surface area contributed by atoms with E-state index in [1.54, 1.807) is 0 Å². The van der Waals surface area contributed by atoms with Gasteiger partial charge < -0.3 is 202 Å². The Morgan fingerprint density at radius 1 is 0.319 bits per heavy atom. The molecule has 0 aromatic rings. The molecule has 36 nitrogen and oxygen atoms in total. The van der Waals surface area contributed by atoms with Crippen LogP contribution >= 0.6 is 0 Å². The monoisotopic (exact) mass is 1450 g/mol. The van der Waals surface area contributed by atoms with Crippen LogP contribution in [0, 0.1) is 11.3 Å². The topological polar surface area (TPSA) is 554 Å². The largest absolute Gasteiger partial charge is 1.00 e. The zero-order valence-corrected chi connectivity index (χ0v) is 52.9. The molecule has 0 spiro atoms. The van der Waals surface area contributed by atoms with Gasteiger partial charge in [-0.05, 0) is 25.7 Å². The number of halogens is 1. The molecular formula is C54H96INO35. The molecule has 22 saturated heterocycles. The van der Waals surface area contributed by atoms with Gasteiger partial charge in [0.1, 0.15) is 171 Å². The Morgan fingerprint density at radius 2 is 0.495 bits per heavy atom. The fraction of sp³-hybridized carbons (Fsp3) is 1.00. The fourth-order valence-corrected chi connectivity index (χ4v) is 13.4. The zero-order chi connectivity index (χ0) is 66.2. The summed E-state index contributed by atoms with van der Waals surface area (Å²) in [5.41, 5.74) is 0.542. The molecule has 22 aliphatic rings. The van der Waals surface area contributed by atoms with E-state index in [0.29, 0.717) is 5.41 Å². The van der Waals surface area contributed by atoms with E-state index in [1.807, 2.05) is 0 Å². The minimum Gasteiger partial charge on any atom is -1.00 e. The molecule has 0 aromatic carbocycles. The van der Waals surface area contributed by atoms with E-state index in [2.05, 4.69) is 34.7 Å². The third-order valence-corrected chi connectivity index (χ3v) is 18.4. The molecule has 0 aromatic heterocycles. The summed E-state index contributed by atoms with van der Waals surface area (Å²) in [5.74, 6) is 0.918. The van der Waals surface area contributed by atoms with Crippen molar-refractivity contribution < 1.29 is 202 Å². The number of aliphatic hydroxyl groups is 21. The Kier molecular flexibility index (Phi) is 28.1. The normalized spacial score (nSPS) is 52.5. The Bertz CT molecular complexity index is 1830. The van der Waals surface area contributed by atoms with Crippen LogP contribution in [0.25, 0.3) is 0 Å². The molecule has 2 unspecified atom stereocenters. The first-order chi connectivity index (χ1) is 42.5.